The Kier molecular flexibility index (Phi) is 3.08. The summed E-state index contributed by atoms with van der Waals surface area (Å²) in [7, 11) is 3.82. The average molecular weight is 251 g/mol. The highest BCUT2D eigenvalue weighted by Crippen LogP contribution is 2.36. The van der Waals surface area contributed by atoms with Crippen LogP contribution in [0.25, 0.3) is 10.2 Å². The summed E-state index contributed by atoms with van der Waals surface area (Å²) in [5.74, 6) is 0. The lowest BCUT2D eigenvalue weighted by Crippen LogP contribution is -2.18. The zero-order valence-electron chi connectivity index (χ0n) is 9.88. The Morgan fingerprint density at radius 1 is 1.53 bits per heavy atom. The van der Waals surface area contributed by atoms with Gasteiger partial charge in [0.05, 0.1) is 20.7 Å². The molecular formula is C11H13N3O2S. The molecule has 5 nitrogen and oxygen atoms in total. The minimum Gasteiger partial charge on any atom is -0.302 e. The second-order valence-corrected chi connectivity index (χ2v) is 5.00. The van der Waals surface area contributed by atoms with Crippen LogP contribution in [-0.4, -0.2) is 28.9 Å². The Labute approximate surface area is 103 Å². The van der Waals surface area contributed by atoms with Crippen LogP contribution in [0.2, 0.25) is 0 Å². The van der Waals surface area contributed by atoms with E-state index in [9.17, 15) is 10.1 Å². The summed E-state index contributed by atoms with van der Waals surface area (Å²) in [5.41, 5.74) is 1.67. The first-order chi connectivity index (χ1) is 8.02. The molecule has 2 heterocycles. The van der Waals surface area contributed by atoms with Crippen LogP contribution in [0, 0.1) is 10.1 Å². The van der Waals surface area contributed by atoms with Crippen molar-refractivity contribution in [1.29, 1.82) is 0 Å². The normalized spacial score (nSPS) is 13.2. The lowest BCUT2D eigenvalue weighted by Gasteiger charge is -2.20. The van der Waals surface area contributed by atoms with Crippen molar-refractivity contribution in [3.05, 3.63) is 33.3 Å². The number of pyridine rings is 1. The number of fused-ring (bicyclic) bond motifs is 1. The first-order valence-electron chi connectivity index (χ1n) is 5.19. The Morgan fingerprint density at radius 2 is 2.24 bits per heavy atom. The molecule has 1 unspecified atom stereocenters. The highest BCUT2D eigenvalue weighted by atomic mass is 32.1. The number of aromatic nitrogens is 1. The molecule has 2 aromatic rings. The van der Waals surface area contributed by atoms with Gasteiger partial charge in [0.25, 0.3) is 5.69 Å². The third kappa shape index (κ3) is 2.01. The van der Waals surface area contributed by atoms with Gasteiger partial charge in [0.1, 0.15) is 6.20 Å². The molecule has 0 bridgehead atoms. The van der Waals surface area contributed by atoms with Gasteiger partial charge in [-0.15, -0.1) is 11.3 Å². The van der Waals surface area contributed by atoms with Gasteiger partial charge in [-0.1, -0.05) is 0 Å². The standard InChI is InChI=1S/C11H13N3O2S/c1-7(13(2)3)10-9(14(15)16)6-12-8-4-5-17-11(8)10/h4-7H,1-3H3. The molecule has 0 fully saturated rings. The number of nitrogens with zero attached hydrogens (tertiary/aromatic N) is 3. The van der Waals surface area contributed by atoms with E-state index in [0.717, 1.165) is 15.8 Å². The topological polar surface area (TPSA) is 59.3 Å². The highest BCUT2D eigenvalue weighted by Gasteiger charge is 2.24. The van der Waals surface area contributed by atoms with Gasteiger partial charge in [-0.25, -0.2) is 4.98 Å². The number of nitro groups is 1. The highest BCUT2D eigenvalue weighted by molar-refractivity contribution is 7.17. The van der Waals surface area contributed by atoms with Crippen molar-refractivity contribution in [3.63, 3.8) is 0 Å². The maximum absolute atomic E-state index is 11.1. The number of rotatable bonds is 3. The molecule has 0 saturated carbocycles. The van der Waals surface area contributed by atoms with Crippen molar-refractivity contribution in [3.8, 4) is 0 Å². The summed E-state index contributed by atoms with van der Waals surface area (Å²) >= 11 is 1.50. The summed E-state index contributed by atoms with van der Waals surface area (Å²) in [6.45, 7) is 1.96. The van der Waals surface area contributed by atoms with Gasteiger partial charge < -0.3 is 4.90 Å². The van der Waals surface area contributed by atoms with Gasteiger partial charge in [-0.3, -0.25) is 10.1 Å². The van der Waals surface area contributed by atoms with Gasteiger partial charge in [0.15, 0.2) is 0 Å². The smallest absolute Gasteiger partial charge is 0.293 e. The van der Waals surface area contributed by atoms with Crippen molar-refractivity contribution in [1.82, 2.24) is 9.88 Å². The maximum Gasteiger partial charge on any atom is 0.293 e. The van der Waals surface area contributed by atoms with Gasteiger partial charge in [0, 0.05) is 6.04 Å². The maximum atomic E-state index is 11.1. The quantitative estimate of drug-likeness (QED) is 0.621. The molecule has 0 aromatic carbocycles. The molecule has 0 aliphatic carbocycles. The average Bonchev–Trinajstić information content (AvgIpc) is 2.74. The van der Waals surface area contributed by atoms with E-state index >= 15 is 0 Å². The van der Waals surface area contributed by atoms with E-state index in [1.54, 1.807) is 0 Å². The molecule has 0 aliphatic heterocycles. The molecule has 0 radical (unpaired) electrons. The van der Waals surface area contributed by atoms with Crippen LogP contribution < -0.4 is 0 Å². The van der Waals surface area contributed by atoms with Crippen molar-refractivity contribution in [2.45, 2.75) is 13.0 Å². The summed E-state index contributed by atoms with van der Waals surface area (Å²) in [6, 6.07) is 1.87. The molecule has 90 valence electrons. The van der Waals surface area contributed by atoms with Crippen molar-refractivity contribution in [2.75, 3.05) is 14.1 Å². The van der Waals surface area contributed by atoms with Gasteiger partial charge >= 0.3 is 0 Å². The van der Waals surface area contributed by atoms with Crippen LogP contribution >= 0.6 is 11.3 Å². The third-order valence-corrected chi connectivity index (χ3v) is 3.82. The van der Waals surface area contributed by atoms with Crippen molar-refractivity contribution in [2.24, 2.45) is 0 Å². The Bertz CT molecular complexity index is 565. The number of thiophene rings is 1. The van der Waals surface area contributed by atoms with Gasteiger partial charge in [-0.05, 0) is 32.5 Å². The fraction of sp³-hybridized carbons (Fsp3) is 0.364. The minimum absolute atomic E-state index is 0.0143. The first kappa shape index (κ1) is 11.9. The first-order valence-corrected chi connectivity index (χ1v) is 6.07. The minimum atomic E-state index is -0.360. The summed E-state index contributed by atoms with van der Waals surface area (Å²) in [4.78, 5) is 16.8. The van der Waals surface area contributed by atoms with E-state index in [4.69, 9.17) is 0 Å². The Hall–Kier alpha value is -1.53. The molecular weight excluding hydrogens is 238 g/mol. The van der Waals surface area contributed by atoms with E-state index in [0.29, 0.717) is 0 Å². The molecule has 2 rings (SSSR count). The van der Waals surface area contributed by atoms with Gasteiger partial charge in [-0.2, -0.15) is 0 Å². The summed E-state index contributed by atoms with van der Waals surface area (Å²) in [6.07, 6.45) is 1.35. The lowest BCUT2D eigenvalue weighted by molar-refractivity contribution is -0.386. The van der Waals surface area contributed by atoms with E-state index in [1.165, 1.54) is 17.5 Å². The summed E-state index contributed by atoms with van der Waals surface area (Å²) < 4.78 is 0.903. The van der Waals surface area contributed by atoms with Crippen LogP contribution in [0.4, 0.5) is 5.69 Å². The molecule has 2 aromatic heterocycles. The van der Waals surface area contributed by atoms with Crippen molar-refractivity contribution >= 4 is 27.2 Å². The number of hydrogen-bond donors (Lipinski definition) is 0. The fourth-order valence-electron chi connectivity index (χ4n) is 1.73. The second-order valence-electron chi connectivity index (χ2n) is 4.09. The van der Waals surface area contributed by atoms with Crippen LogP contribution in [0.3, 0.4) is 0 Å². The Balaban J connectivity index is 2.73. The molecule has 6 heteroatoms. The molecule has 0 aliphatic rings. The summed E-state index contributed by atoms with van der Waals surface area (Å²) in [5, 5.41) is 13.0. The van der Waals surface area contributed by atoms with Crippen LogP contribution in [0.1, 0.15) is 18.5 Å². The SMILES string of the molecule is CC(c1c([N+](=O)[O-])cnc2ccsc12)N(C)C. The Morgan fingerprint density at radius 3 is 2.82 bits per heavy atom. The van der Waals surface area contributed by atoms with Crippen molar-refractivity contribution < 1.29 is 4.92 Å². The van der Waals surface area contributed by atoms with Crippen LogP contribution in [0.15, 0.2) is 17.6 Å². The largest absolute Gasteiger partial charge is 0.302 e. The molecule has 0 spiro atoms. The van der Waals surface area contributed by atoms with Crippen LogP contribution in [0.5, 0.6) is 0 Å². The van der Waals surface area contributed by atoms with E-state index in [1.807, 2.05) is 37.4 Å². The molecule has 1 atom stereocenters. The van der Waals surface area contributed by atoms with Crippen LogP contribution in [-0.2, 0) is 0 Å². The predicted octanol–water partition coefficient (Wildman–Crippen LogP) is 2.83. The van der Waals surface area contributed by atoms with E-state index < -0.39 is 0 Å². The number of hydrogen-bond acceptors (Lipinski definition) is 5. The molecule has 17 heavy (non-hydrogen) atoms. The zero-order valence-corrected chi connectivity index (χ0v) is 10.7. The lowest BCUT2D eigenvalue weighted by atomic mass is 10.1. The third-order valence-electron chi connectivity index (χ3n) is 2.88. The van der Waals surface area contributed by atoms with E-state index in [2.05, 4.69) is 4.98 Å². The fourth-order valence-corrected chi connectivity index (χ4v) is 2.71. The van der Waals surface area contributed by atoms with Gasteiger partial charge in [0.2, 0.25) is 0 Å². The molecule has 0 amide bonds. The zero-order chi connectivity index (χ0) is 12.6. The molecule has 0 saturated heterocycles. The predicted molar refractivity (Wildman–Crippen MR) is 68.4 cm³/mol. The second kappa shape index (κ2) is 4.38. The monoisotopic (exact) mass is 251 g/mol. The molecule has 0 N–H and O–H groups in total. The van der Waals surface area contributed by atoms with E-state index in [-0.39, 0.29) is 16.7 Å².